The summed E-state index contributed by atoms with van der Waals surface area (Å²) >= 11 is 0. The number of carbonyl (C=O) groups is 1. The second kappa shape index (κ2) is 5.60. The van der Waals surface area contributed by atoms with Crippen LogP contribution in [-0.2, 0) is 0 Å². The summed E-state index contributed by atoms with van der Waals surface area (Å²) < 4.78 is 0. The van der Waals surface area contributed by atoms with Crippen LogP contribution < -0.4 is 10.6 Å². The van der Waals surface area contributed by atoms with Gasteiger partial charge < -0.3 is 10.6 Å². The van der Waals surface area contributed by atoms with Crippen molar-refractivity contribution in [1.29, 1.82) is 0 Å². The van der Waals surface area contributed by atoms with Crippen molar-refractivity contribution >= 4 is 6.03 Å². The molecule has 22 heavy (non-hydrogen) atoms. The van der Waals surface area contributed by atoms with Crippen molar-refractivity contribution in [3.05, 3.63) is 35.9 Å². The molecule has 3 heteroatoms. The van der Waals surface area contributed by atoms with Crippen LogP contribution in [0.5, 0.6) is 0 Å². The molecule has 0 aromatic heterocycles. The average molecular weight is 298 g/mol. The number of hydrogen-bond donors (Lipinski definition) is 2. The van der Waals surface area contributed by atoms with E-state index in [9.17, 15) is 4.79 Å². The SMILES string of the molecule is CC(NC(=O)NC1CC2CC1C1CCCC21)c1ccccc1. The van der Waals surface area contributed by atoms with Gasteiger partial charge in [-0.05, 0) is 61.8 Å². The highest BCUT2D eigenvalue weighted by Gasteiger charge is 2.54. The van der Waals surface area contributed by atoms with Crippen LogP contribution in [0.15, 0.2) is 30.3 Å². The van der Waals surface area contributed by atoms with Gasteiger partial charge in [-0.15, -0.1) is 0 Å². The quantitative estimate of drug-likeness (QED) is 0.874. The molecule has 0 spiro atoms. The fourth-order valence-electron chi connectivity index (χ4n) is 5.47. The maximum absolute atomic E-state index is 12.3. The van der Waals surface area contributed by atoms with Gasteiger partial charge in [0.1, 0.15) is 0 Å². The third kappa shape index (κ3) is 2.41. The van der Waals surface area contributed by atoms with E-state index in [0.717, 1.165) is 29.2 Å². The van der Waals surface area contributed by atoms with Crippen molar-refractivity contribution < 1.29 is 4.79 Å². The number of urea groups is 1. The monoisotopic (exact) mass is 298 g/mol. The fourth-order valence-corrected chi connectivity index (χ4v) is 5.47. The molecule has 3 nitrogen and oxygen atoms in total. The van der Waals surface area contributed by atoms with Gasteiger partial charge in [-0.1, -0.05) is 36.8 Å². The fraction of sp³-hybridized carbons (Fsp3) is 0.632. The number of fused-ring (bicyclic) bond motifs is 5. The number of amides is 2. The first-order chi connectivity index (χ1) is 10.7. The molecule has 2 amide bonds. The molecule has 3 fully saturated rings. The van der Waals surface area contributed by atoms with E-state index in [2.05, 4.69) is 22.8 Å². The molecular weight excluding hydrogens is 272 g/mol. The lowest BCUT2D eigenvalue weighted by molar-refractivity contribution is 0.196. The maximum Gasteiger partial charge on any atom is 0.315 e. The summed E-state index contributed by atoms with van der Waals surface area (Å²) in [6.07, 6.45) is 6.81. The van der Waals surface area contributed by atoms with E-state index in [1.54, 1.807) is 0 Å². The first kappa shape index (κ1) is 14.1. The van der Waals surface area contributed by atoms with Crippen LogP contribution in [0.25, 0.3) is 0 Å². The zero-order valence-electron chi connectivity index (χ0n) is 13.3. The molecule has 0 radical (unpaired) electrons. The van der Waals surface area contributed by atoms with E-state index >= 15 is 0 Å². The number of rotatable bonds is 3. The molecule has 118 valence electrons. The Bertz CT molecular complexity index is 544. The van der Waals surface area contributed by atoms with Gasteiger partial charge in [-0.3, -0.25) is 0 Å². The van der Waals surface area contributed by atoms with Crippen molar-refractivity contribution in [1.82, 2.24) is 10.6 Å². The van der Waals surface area contributed by atoms with Crippen LogP contribution in [0.4, 0.5) is 4.79 Å². The van der Waals surface area contributed by atoms with E-state index in [4.69, 9.17) is 0 Å². The minimum atomic E-state index is 0.00319. The Morgan fingerprint density at radius 3 is 2.68 bits per heavy atom. The van der Waals surface area contributed by atoms with Gasteiger partial charge in [0.2, 0.25) is 0 Å². The predicted octanol–water partition coefficient (Wildman–Crippen LogP) is 3.87. The Balaban J connectivity index is 1.33. The van der Waals surface area contributed by atoms with Gasteiger partial charge in [-0.25, -0.2) is 4.79 Å². The molecular formula is C19H26N2O. The van der Waals surface area contributed by atoms with Gasteiger partial charge in [0.15, 0.2) is 0 Å². The zero-order valence-corrected chi connectivity index (χ0v) is 13.3. The van der Waals surface area contributed by atoms with E-state index in [-0.39, 0.29) is 12.1 Å². The largest absolute Gasteiger partial charge is 0.335 e. The van der Waals surface area contributed by atoms with Crippen molar-refractivity contribution in [2.45, 2.75) is 51.1 Å². The van der Waals surface area contributed by atoms with Crippen molar-refractivity contribution in [2.75, 3.05) is 0 Å². The Morgan fingerprint density at radius 1 is 1.09 bits per heavy atom. The highest BCUT2D eigenvalue weighted by molar-refractivity contribution is 5.74. The van der Waals surface area contributed by atoms with Crippen LogP contribution in [0.2, 0.25) is 0 Å². The third-order valence-electron chi connectivity index (χ3n) is 6.39. The lowest BCUT2D eigenvalue weighted by atomic mass is 9.79. The van der Waals surface area contributed by atoms with Crippen molar-refractivity contribution in [3.8, 4) is 0 Å². The van der Waals surface area contributed by atoms with E-state index in [1.165, 1.54) is 32.1 Å². The molecule has 0 heterocycles. The predicted molar refractivity (Wildman–Crippen MR) is 87.4 cm³/mol. The van der Waals surface area contributed by atoms with Gasteiger partial charge in [0.25, 0.3) is 0 Å². The van der Waals surface area contributed by atoms with Gasteiger partial charge in [-0.2, -0.15) is 0 Å². The summed E-state index contributed by atoms with van der Waals surface area (Å²) in [6.45, 7) is 2.04. The standard InChI is InChI=1S/C19H26N2O/c1-12(13-6-3-2-4-7-13)20-19(22)21-18-11-14-10-17(18)16-9-5-8-15(14)16/h2-4,6-7,12,14-18H,5,8-11H2,1H3,(H2,20,21,22). The molecule has 1 aromatic carbocycles. The summed E-state index contributed by atoms with van der Waals surface area (Å²) in [5.41, 5.74) is 1.15. The molecule has 3 saturated carbocycles. The molecule has 4 rings (SSSR count). The van der Waals surface area contributed by atoms with Crippen LogP contribution >= 0.6 is 0 Å². The number of carbonyl (C=O) groups excluding carboxylic acids is 1. The summed E-state index contributed by atoms with van der Waals surface area (Å²) in [6, 6.07) is 10.6. The summed E-state index contributed by atoms with van der Waals surface area (Å²) in [5.74, 6) is 3.51. The summed E-state index contributed by atoms with van der Waals surface area (Å²) in [5, 5.41) is 6.37. The van der Waals surface area contributed by atoms with E-state index in [0.29, 0.717) is 6.04 Å². The summed E-state index contributed by atoms with van der Waals surface area (Å²) in [4.78, 5) is 12.3. The summed E-state index contributed by atoms with van der Waals surface area (Å²) in [7, 11) is 0. The van der Waals surface area contributed by atoms with Crippen molar-refractivity contribution in [2.24, 2.45) is 23.7 Å². The molecule has 3 aliphatic carbocycles. The minimum Gasteiger partial charge on any atom is -0.335 e. The maximum atomic E-state index is 12.3. The van der Waals surface area contributed by atoms with Crippen LogP contribution in [0.3, 0.4) is 0 Å². The van der Waals surface area contributed by atoms with E-state index < -0.39 is 0 Å². The van der Waals surface area contributed by atoms with Gasteiger partial charge in [0, 0.05) is 6.04 Å². The van der Waals surface area contributed by atoms with E-state index in [1.807, 2.05) is 25.1 Å². The second-order valence-corrected chi connectivity index (χ2v) is 7.51. The van der Waals surface area contributed by atoms with Gasteiger partial charge in [0.05, 0.1) is 6.04 Å². The Kier molecular flexibility index (Phi) is 3.59. The molecule has 0 saturated heterocycles. The number of nitrogens with one attached hydrogen (secondary N) is 2. The Labute approximate surface area is 132 Å². The first-order valence-electron chi connectivity index (χ1n) is 8.84. The second-order valence-electron chi connectivity index (χ2n) is 7.51. The Morgan fingerprint density at radius 2 is 1.86 bits per heavy atom. The molecule has 1 aromatic rings. The van der Waals surface area contributed by atoms with Crippen LogP contribution in [0, 0.1) is 23.7 Å². The molecule has 2 bridgehead atoms. The smallest absolute Gasteiger partial charge is 0.315 e. The highest BCUT2D eigenvalue weighted by atomic mass is 16.2. The molecule has 3 aliphatic rings. The lowest BCUT2D eigenvalue weighted by Gasteiger charge is -2.32. The zero-order chi connectivity index (χ0) is 15.1. The van der Waals surface area contributed by atoms with Crippen LogP contribution in [-0.4, -0.2) is 12.1 Å². The molecule has 2 N–H and O–H groups in total. The first-order valence-corrected chi connectivity index (χ1v) is 8.84. The molecule has 6 unspecified atom stereocenters. The lowest BCUT2D eigenvalue weighted by Crippen LogP contribution is -2.47. The Hall–Kier alpha value is -1.51. The topological polar surface area (TPSA) is 41.1 Å². The van der Waals surface area contributed by atoms with Gasteiger partial charge >= 0.3 is 6.03 Å². The third-order valence-corrected chi connectivity index (χ3v) is 6.39. The molecule has 0 aliphatic heterocycles. The number of hydrogen-bond acceptors (Lipinski definition) is 1. The highest BCUT2D eigenvalue weighted by Crippen LogP contribution is 2.58. The van der Waals surface area contributed by atoms with Crippen LogP contribution in [0.1, 0.15) is 50.6 Å². The normalized spacial score (nSPS) is 36.9. The minimum absolute atomic E-state index is 0.00319. The van der Waals surface area contributed by atoms with Crippen molar-refractivity contribution in [3.63, 3.8) is 0 Å². The number of benzene rings is 1. The average Bonchev–Trinajstić information content (AvgIpc) is 3.20. The molecule has 6 atom stereocenters.